The third kappa shape index (κ3) is 5.06. The molecular weight excluding hydrogens is 406 g/mol. The molecule has 8 nitrogen and oxygen atoms in total. The highest BCUT2D eigenvalue weighted by Crippen LogP contribution is 2.30. The molecule has 1 aromatic heterocycles. The zero-order valence-corrected chi connectivity index (χ0v) is 19.6. The molecule has 2 aromatic rings. The van der Waals surface area contributed by atoms with Crippen LogP contribution in [0.4, 0.5) is 17.2 Å². The zero-order chi connectivity index (χ0) is 23.4. The summed E-state index contributed by atoms with van der Waals surface area (Å²) in [6.45, 7) is 6.57. The second kappa shape index (κ2) is 10.1. The summed E-state index contributed by atoms with van der Waals surface area (Å²) in [5.74, 6) is -0.127. The maximum Gasteiger partial charge on any atom is 0.330 e. The Morgan fingerprint density at radius 1 is 1.16 bits per heavy atom. The number of carbonyl (C=O) groups excluding carboxylic acids is 1. The highest BCUT2D eigenvalue weighted by Gasteiger charge is 2.33. The van der Waals surface area contributed by atoms with Crippen molar-refractivity contribution in [3.8, 4) is 0 Å². The number of nitrogens with one attached hydrogen (secondary N) is 1. The molecule has 0 saturated heterocycles. The quantitative estimate of drug-likeness (QED) is 0.655. The van der Waals surface area contributed by atoms with Gasteiger partial charge in [-0.2, -0.15) is 0 Å². The largest absolute Gasteiger partial charge is 0.383 e. The SMILES string of the molecule is CCCCn1c(N)c(N(C(=O)CN(C)c2cc(C)cc(C)c2)C2CCCC2)c(=O)[nH]c1=O. The number of nitrogens with two attached hydrogens (primary N) is 1. The van der Waals surface area contributed by atoms with Crippen molar-refractivity contribution in [1.29, 1.82) is 0 Å². The molecular formula is C24H35N5O3. The monoisotopic (exact) mass is 441 g/mol. The lowest BCUT2D eigenvalue weighted by molar-refractivity contribution is -0.117. The Morgan fingerprint density at radius 3 is 2.38 bits per heavy atom. The second-order valence-electron chi connectivity index (χ2n) is 8.90. The van der Waals surface area contributed by atoms with Crippen LogP contribution in [0.5, 0.6) is 0 Å². The third-order valence-corrected chi connectivity index (χ3v) is 6.17. The smallest absolute Gasteiger partial charge is 0.330 e. The van der Waals surface area contributed by atoms with Gasteiger partial charge in [0.1, 0.15) is 5.82 Å². The number of anilines is 3. The maximum atomic E-state index is 13.6. The molecule has 1 heterocycles. The van der Waals surface area contributed by atoms with Crippen molar-refractivity contribution in [2.24, 2.45) is 0 Å². The number of carbonyl (C=O) groups is 1. The number of hydrogen-bond donors (Lipinski definition) is 2. The van der Waals surface area contributed by atoms with E-state index in [0.29, 0.717) is 6.54 Å². The van der Waals surface area contributed by atoms with Crippen LogP contribution in [0.1, 0.15) is 56.6 Å². The number of unbranched alkanes of at least 4 members (excludes halogenated alkanes) is 1. The molecule has 3 N–H and O–H groups in total. The number of aromatic amines is 1. The minimum absolute atomic E-state index is 0.0708. The number of aryl methyl sites for hydroxylation is 2. The summed E-state index contributed by atoms with van der Waals surface area (Å²) in [6, 6.07) is 6.05. The van der Waals surface area contributed by atoms with Crippen molar-refractivity contribution in [3.05, 3.63) is 50.2 Å². The van der Waals surface area contributed by atoms with Crippen LogP contribution in [-0.4, -0.2) is 35.1 Å². The normalized spacial score (nSPS) is 14.0. The number of rotatable bonds is 8. The lowest BCUT2D eigenvalue weighted by Gasteiger charge is -2.32. The van der Waals surface area contributed by atoms with Gasteiger partial charge in [-0.05, 0) is 56.4 Å². The molecule has 0 unspecified atom stereocenters. The Kier molecular flexibility index (Phi) is 7.43. The highest BCUT2D eigenvalue weighted by atomic mass is 16.2. The zero-order valence-electron chi connectivity index (χ0n) is 19.6. The van der Waals surface area contributed by atoms with E-state index >= 15 is 0 Å². The van der Waals surface area contributed by atoms with Gasteiger partial charge in [-0.3, -0.25) is 24.0 Å². The standard InChI is InChI=1S/C24H35N5O3/c1-5-6-11-28-22(25)21(23(31)26-24(28)32)29(18-9-7-8-10-18)20(30)15-27(4)19-13-16(2)12-17(3)14-19/h12-14,18H,5-11,15,25H2,1-4H3,(H,26,31,32). The fourth-order valence-corrected chi connectivity index (χ4v) is 4.56. The number of H-pyrrole nitrogens is 1. The van der Waals surface area contributed by atoms with Crippen LogP contribution in [0.2, 0.25) is 0 Å². The fourth-order valence-electron chi connectivity index (χ4n) is 4.56. The van der Waals surface area contributed by atoms with Crippen molar-refractivity contribution in [2.75, 3.05) is 29.1 Å². The summed E-state index contributed by atoms with van der Waals surface area (Å²) >= 11 is 0. The molecule has 8 heteroatoms. The van der Waals surface area contributed by atoms with E-state index in [4.69, 9.17) is 5.73 Å². The highest BCUT2D eigenvalue weighted by molar-refractivity contribution is 5.98. The lowest BCUT2D eigenvalue weighted by Crippen LogP contribution is -2.48. The van der Waals surface area contributed by atoms with Gasteiger partial charge >= 0.3 is 5.69 Å². The molecule has 1 aliphatic carbocycles. The minimum atomic E-state index is -0.602. The molecule has 1 amide bonds. The molecule has 1 aromatic carbocycles. The second-order valence-corrected chi connectivity index (χ2v) is 8.90. The molecule has 0 bridgehead atoms. The molecule has 32 heavy (non-hydrogen) atoms. The Balaban J connectivity index is 1.99. The van der Waals surface area contributed by atoms with Gasteiger partial charge in [0.25, 0.3) is 5.56 Å². The maximum absolute atomic E-state index is 13.6. The predicted molar refractivity (Wildman–Crippen MR) is 130 cm³/mol. The Labute approximate surface area is 189 Å². The molecule has 0 aliphatic heterocycles. The van der Waals surface area contributed by atoms with Gasteiger partial charge in [-0.1, -0.05) is 32.3 Å². The van der Waals surface area contributed by atoms with E-state index in [0.717, 1.165) is 55.3 Å². The van der Waals surface area contributed by atoms with Crippen LogP contribution < -0.4 is 26.8 Å². The summed E-state index contributed by atoms with van der Waals surface area (Å²) in [7, 11) is 1.87. The molecule has 174 valence electrons. The molecule has 1 saturated carbocycles. The van der Waals surface area contributed by atoms with Crippen molar-refractivity contribution in [1.82, 2.24) is 9.55 Å². The van der Waals surface area contributed by atoms with E-state index in [2.05, 4.69) is 11.1 Å². The van der Waals surface area contributed by atoms with E-state index in [1.165, 1.54) is 4.57 Å². The van der Waals surface area contributed by atoms with Gasteiger partial charge in [-0.15, -0.1) is 0 Å². The summed E-state index contributed by atoms with van der Waals surface area (Å²) in [5.41, 5.74) is 8.50. The predicted octanol–water partition coefficient (Wildman–Crippen LogP) is 2.95. The molecule has 0 spiro atoms. The number of hydrogen-bond acceptors (Lipinski definition) is 5. The average molecular weight is 442 g/mol. The van der Waals surface area contributed by atoms with E-state index in [1.807, 2.05) is 44.9 Å². The molecule has 0 atom stereocenters. The Hall–Kier alpha value is -3.03. The van der Waals surface area contributed by atoms with Crippen LogP contribution in [0.25, 0.3) is 0 Å². The van der Waals surface area contributed by atoms with Crippen LogP contribution in [0, 0.1) is 13.8 Å². The first-order valence-corrected chi connectivity index (χ1v) is 11.5. The van der Waals surface area contributed by atoms with Crippen molar-refractivity contribution in [3.63, 3.8) is 0 Å². The van der Waals surface area contributed by atoms with E-state index in [-0.39, 0.29) is 30.0 Å². The summed E-state index contributed by atoms with van der Waals surface area (Å²) in [4.78, 5) is 44.7. The van der Waals surface area contributed by atoms with Gasteiger partial charge in [-0.25, -0.2) is 4.79 Å². The number of amides is 1. The van der Waals surface area contributed by atoms with Crippen LogP contribution >= 0.6 is 0 Å². The number of nitrogens with zero attached hydrogens (tertiary/aromatic N) is 3. The Bertz CT molecular complexity index is 1060. The van der Waals surface area contributed by atoms with Crippen molar-refractivity contribution < 1.29 is 4.79 Å². The first-order valence-electron chi connectivity index (χ1n) is 11.5. The molecule has 0 radical (unpaired) electrons. The summed E-state index contributed by atoms with van der Waals surface area (Å²) < 4.78 is 1.38. The van der Waals surface area contributed by atoms with Crippen LogP contribution in [0.3, 0.4) is 0 Å². The fraction of sp³-hybridized carbons (Fsp3) is 0.542. The van der Waals surface area contributed by atoms with Gasteiger partial charge in [0.05, 0.1) is 6.54 Å². The van der Waals surface area contributed by atoms with E-state index in [9.17, 15) is 14.4 Å². The first-order chi connectivity index (χ1) is 15.2. The summed E-state index contributed by atoms with van der Waals surface area (Å²) in [6.07, 6.45) is 5.25. The lowest BCUT2D eigenvalue weighted by atomic mass is 10.1. The van der Waals surface area contributed by atoms with E-state index < -0.39 is 11.2 Å². The number of nitrogen functional groups attached to an aromatic ring is 1. The third-order valence-electron chi connectivity index (χ3n) is 6.17. The van der Waals surface area contributed by atoms with E-state index in [1.54, 1.807) is 4.90 Å². The van der Waals surface area contributed by atoms with Gasteiger partial charge in [0, 0.05) is 25.3 Å². The van der Waals surface area contributed by atoms with Gasteiger partial charge in [0.15, 0.2) is 5.69 Å². The van der Waals surface area contributed by atoms with Gasteiger partial charge < -0.3 is 10.6 Å². The number of aromatic nitrogens is 2. The number of likely N-dealkylation sites (N-methyl/N-ethyl adjacent to an activating group) is 1. The Morgan fingerprint density at radius 2 is 1.78 bits per heavy atom. The topological polar surface area (TPSA) is 104 Å². The van der Waals surface area contributed by atoms with Crippen LogP contribution in [0.15, 0.2) is 27.8 Å². The van der Waals surface area contributed by atoms with Crippen molar-refractivity contribution in [2.45, 2.75) is 71.9 Å². The minimum Gasteiger partial charge on any atom is -0.383 e. The molecule has 1 aliphatic rings. The average Bonchev–Trinajstić information content (AvgIpc) is 3.24. The molecule has 3 rings (SSSR count). The number of benzene rings is 1. The van der Waals surface area contributed by atoms with Crippen LogP contribution in [-0.2, 0) is 11.3 Å². The summed E-state index contributed by atoms with van der Waals surface area (Å²) in [5, 5.41) is 0. The van der Waals surface area contributed by atoms with Crippen molar-refractivity contribution >= 4 is 23.1 Å². The van der Waals surface area contributed by atoms with Gasteiger partial charge in [0.2, 0.25) is 5.91 Å². The first kappa shape index (κ1) is 23.6. The molecule has 1 fully saturated rings.